The number of carboxylic acids is 1. The van der Waals surface area contributed by atoms with Crippen molar-refractivity contribution in [3.63, 3.8) is 0 Å². The third kappa shape index (κ3) is 3.23. The summed E-state index contributed by atoms with van der Waals surface area (Å²) in [4.78, 5) is 11.3. The first-order valence-electron chi connectivity index (χ1n) is 6.34. The maximum atomic E-state index is 12.5. The van der Waals surface area contributed by atoms with E-state index in [-0.39, 0.29) is 21.2 Å². The number of anilines is 1. The van der Waals surface area contributed by atoms with Crippen LogP contribution in [-0.4, -0.2) is 19.5 Å². The lowest BCUT2D eigenvalue weighted by molar-refractivity contribution is 0.0697. The average molecular weight is 340 g/mol. The van der Waals surface area contributed by atoms with Gasteiger partial charge in [-0.3, -0.25) is 4.72 Å². The van der Waals surface area contributed by atoms with E-state index in [1.165, 1.54) is 12.1 Å². The molecule has 2 rings (SSSR count). The van der Waals surface area contributed by atoms with Gasteiger partial charge in [0.2, 0.25) is 0 Å². The van der Waals surface area contributed by atoms with Crippen LogP contribution in [0.15, 0.2) is 41.3 Å². The van der Waals surface area contributed by atoms with Crippen molar-refractivity contribution >= 4 is 33.3 Å². The van der Waals surface area contributed by atoms with Crippen molar-refractivity contribution in [2.45, 2.75) is 18.7 Å². The Kier molecular flexibility index (Phi) is 4.44. The highest BCUT2D eigenvalue weighted by molar-refractivity contribution is 7.92. The Labute approximate surface area is 133 Å². The molecule has 116 valence electrons. The molecule has 0 bridgehead atoms. The molecule has 0 saturated carbocycles. The maximum absolute atomic E-state index is 12.5. The minimum absolute atomic E-state index is 0.0119. The molecule has 2 N–H and O–H groups in total. The second-order valence-electron chi connectivity index (χ2n) is 4.82. The van der Waals surface area contributed by atoms with Crippen molar-refractivity contribution < 1.29 is 18.3 Å². The number of rotatable bonds is 4. The van der Waals surface area contributed by atoms with E-state index in [1.54, 1.807) is 38.1 Å². The van der Waals surface area contributed by atoms with Gasteiger partial charge in [0.1, 0.15) is 0 Å². The summed E-state index contributed by atoms with van der Waals surface area (Å²) in [7, 11) is -3.94. The fourth-order valence-electron chi connectivity index (χ4n) is 2.10. The number of carbonyl (C=O) groups is 1. The molecule has 0 atom stereocenters. The predicted molar refractivity (Wildman–Crippen MR) is 85.1 cm³/mol. The van der Waals surface area contributed by atoms with Crippen LogP contribution in [0.2, 0.25) is 5.02 Å². The van der Waals surface area contributed by atoms with Crippen LogP contribution in [-0.2, 0) is 10.0 Å². The van der Waals surface area contributed by atoms with Crippen LogP contribution < -0.4 is 4.72 Å². The first kappa shape index (κ1) is 16.3. The molecule has 0 aliphatic carbocycles. The van der Waals surface area contributed by atoms with Gasteiger partial charge in [-0.2, -0.15) is 0 Å². The molecular weight excluding hydrogens is 326 g/mol. The minimum Gasteiger partial charge on any atom is -0.478 e. The maximum Gasteiger partial charge on any atom is 0.338 e. The minimum atomic E-state index is -3.94. The van der Waals surface area contributed by atoms with Crippen molar-refractivity contribution in [1.29, 1.82) is 0 Å². The van der Waals surface area contributed by atoms with E-state index < -0.39 is 16.0 Å². The molecule has 0 spiro atoms. The Morgan fingerprint density at radius 3 is 2.45 bits per heavy atom. The quantitative estimate of drug-likeness (QED) is 0.893. The number of halogens is 1. The van der Waals surface area contributed by atoms with Gasteiger partial charge in [0.15, 0.2) is 0 Å². The Hall–Kier alpha value is -2.05. The van der Waals surface area contributed by atoms with Gasteiger partial charge in [-0.25, -0.2) is 13.2 Å². The van der Waals surface area contributed by atoms with Gasteiger partial charge in [-0.05, 0) is 43.2 Å². The van der Waals surface area contributed by atoms with Gasteiger partial charge in [-0.1, -0.05) is 29.8 Å². The molecule has 7 heteroatoms. The molecule has 0 radical (unpaired) electrons. The van der Waals surface area contributed by atoms with Crippen molar-refractivity contribution in [3.8, 4) is 0 Å². The number of hydrogen-bond donors (Lipinski definition) is 2. The first-order chi connectivity index (χ1) is 10.2. The van der Waals surface area contributed by atoms with E-state index >= 15 is 0 Å². The molecule has 0 fully saturated rings. The van der Waals surface area contributed by atoms with Gasteiger partial charge in [0.25, 0.3) is 10.0 Å². The zero-order chi connectivity index (χ0) is 16.5. The van der Waals surface area contributed by atoms with Gasteiger partial charge >= 0.3 is 5.97 Å². The van der Waals surface area contributed by atoms with Crippen LogP contribution in [0.3, 0.4) is 0 Å². The fraction of sp³-hybridized carbons (Fsp3) is 0.133. The lowest BCUT2D eigenvalue weighted by Crippen LogP contribution is -2.17. The smallest absolute Gasteiger partial charge is 0.338 e. The number of nitrogens with one attached hydrogen (secondary N) is 1. The molecule has 0 aliphatic rings. The lowest BCUT2D eigenvalue weighted by atomic mass is 10.1. The zero-order valence-corrected chi connectivity index (χ0v) is 13.5. The number of aromatic carboxylic acids is 1. The van der Waals surface area contributed by atoms with Crippen molar-refractivity contribution in [2.24, 2.45) is 0 Å². The molecule has 0 saturated heterocycles. The Morgan fingerprint density at radius 2 is 1.82 bits per heavy atom. The lowest BCUT2D eigenvalue weighted by Gasteiger charge is -2.13. The normalized spacial score (nSPS) is 11.2. The highest BCUT2D eigenvalue weighted by Gasteiger charge is 2.21. The number of benzene rings is 2. The first-order valence-corrected chi connectivity index (χ1v) is 8.20. The van der Waals surface area contributed by atoms with Crippen molar-refractivity contribution in [2.75, 3.05) is 4.72 Å². The van der Waals surface area contributed by atoms with E-state index in [2.05, 4.69) is 4.72 Å². The molecule has 0 aromatic heterocycles. The van der Waals surface area contributed by atoms with Crippen LogP contribution in [0.1, 0.15) is 21.5 Å². The van der Waals surface area contributed by atoms with E-state index in [9.17, 15) is 18.3 Å². The standard InChI is InChI=1S/C15H14ClNO4S/c1-9-6-7-11(16)8-13(9)22(20,21)17-12-5-3-4-10(2)14(12)15(18)19/h3-8,17H,1-2H3,(H,18,19). The third-order valence-corrected chi connectivity index (χ3v) is 4.91. The van der Waals surface area contributed by atoms with Crippen LogP contribution >= 0.6 is 11.6 Å². The summed E-state index contributed by atoms with van der Waals surface area (Å²) in [5.41, 5.74) is 0.926. The van der Waals surface area contributed by atoms with Gasteiger partial charge in [-0.15, -0.1) is 0 Å². The summed E-state index contributed by atoms with van der Waals surface area (Å²) in [5, 5.41) is 9.54. The second kappa shape index (κ2) is 5.98. The Bertz CT molecular complexity index is 847. The summed E-state index contributed by atoms with van der Waals surface area (Å²) < 4.78 is 27.3. The van der Waals surface area contributed by atoms with Gasteiger partial charge in [0, 0.05) is 5.02 Å². The van der Waals surface area contributed by atoms with Crippen molar-refractivity contribution in [1.82, 2.24) is 0 Å². The second-order valence-corrected chi connectivity index (χ2v) is 6.91. The molecule has 0 unspecified atom stereocenters. The Balaban J connectivity index is 2.53. The molecule has 2 aromatic carbocycles. The molecule has 5 nitrogen and oxygen atoms in total. The highest BCUT2D eigenvalue weighted by atomic mass is 35.5. The SMILES string of the molecule is Cc1ccc(Cl)cc1S(=O)(=O)Nc1cccc(C)c1C(=O)O. The summed E-state index contributed by atoms with van der Waals surface area (Å²) in [6, 6.07) is 9.11. The number of sulfonamides is 1. The summed E-state index contributed by atoms with van der Waals surface area (Å²) >= 11 is 5.85. The van der Waals surface area contributed by atoms with Crippen LogP contribution in [0.5, 0.6) is 0 Å². The van der Waals surface area contributed by atoms with E-state index in [0.29, 0.717) is 11.1 Å². The van der Waals surface area contributed by atoms with Crippen molar-refractivity contribution in [3.05, 3.63) is 58.1 Å². The van der Waals surface area contributed by atoms with Gasteiger partial charge in [0.05, 0.1) is 16.1 Å². The third-order valence-electron chi connectivity index (χ3n) is 3.17. The van der Waals surface area contributed by atoms with Crippen LogP contribution in [0.25, 0.3) is 0 Å². The van der Waals surface area contributed by atoms with Crippen LogP contribution in [0.4, 0.5) is 5.69 Å². The molecule has 0 heterocycles. The molecular formula is C15H14ClNO4S. The molecule has 22 heavy (non-hydrogen) atoms. The van der Waals surface area contributed by atoms with E-state index in [0.717, 1.165) is 0 Å². The highest BCUT2D eigenvalue weighted by Crippen LogP contribution is 2.26. The summed E-state index contributed by atoms with van der Waals surface area (Å²) in [5.74, 6) is -1.20. The fourth-order valence-corrected chi connectivity index (χ4v) is 3.68. The number of carboxylic acid groups (broad SMARTS) is 1. The van der Waals surface area contributed by atoms with E-state index in [4.69, 9.17) is 11.6 Å². The summed E-state index contributed by atoms with van der Waals surface area (Å²) in [6.45, 7) is 3.24. The molecule has 0 aliphatic heterocycles. The zero-order valence-electron chi connectivity index (χ0n) is 11.9. The monoisotopic (exact) mass is 339 g/mol. The van der Waals surface area contributed by atoms with Crippen LogP contribution in [0, 0.1) is 13.8 Å². The average Bonchev–Trinajstić information content (AvgIpc) is 2.40. The Morgan fingerprint density at radius 1 is 1.14 bits per heavy atom. The molecule has 2 aromatic rings. The van der Waals surface area contributed by atoms with Gasteiger partial charge < -0.3 is 5.11 Å². The predicted octanol–water partition coefficient (Wildman–Crippen LogP) is 3.46. The largest absolute Gasteiger partial charge is 0.478 e. The van der Waals surface area contributed by atoms with E-state index in [1.807, 2.05) is 0 Å². The number of aryl methyl sites for hydroxylation is 2. The number of hydrogen-bond acceptors (Lipinski definition) is 3. The topological polar surface area (TPSA) is 83.5 Å². The summed E-state index contributed by atoms with van der Waals surface area (Å²) in [6.07, 6.45) is 0. The molecule has 0 amide bonds.